The Labute approximate surface area is 266 Å². The number of carboxylic acids is 1. The molecule has 0 aliphatic carbocycles. The van der Waals surface area contributed by atoms with Crippen LogP contribution < -0.4 is 25.7 Å². The minimum atomic E-state index is -1.67. The molecule has 6 heterocycles. The number of aromatic nitrogens is 3. The molecule has 6 rings (SSSR count). The summed E-state index contributed by atoms with van der Waals surface area (Å²) < 4.78 is 5.90. The second-order valence-corrected chi connectivity index (χ2v) is 11.7. The van der Waals surface area contributed by atoms with E-state index in [2.05, 4.69) is 13.5 Å². The first-order valence-electron chi connectivity index (χ1n) is 14.5. The summed E-state index contributed by atoms with van der Waals surface area (Å²) in [6.07, 6.45) is 10.4. The fourth-order valence-corrected chi connectivity index (χ4v) is 6.60. The molecule has 10 heteroatoms. The molecule has 2 atom stereocenters. The van der Waals surface area contributed by atoms with Gasteiger partial charge in [0.25, 0.3) is 0 Å². The summed E-state index contributed by atoms with van der Waals surface area (Å²) in [6, 6.07) is 0. The molecule has 3 aliphatic rings. The predicted molar refractivity (Wildman–Crippen MR) is 163 cm³/mol. The molecule has 2 saturated heterocycles. The molecule has 0 saturated carbocycles. The van der Waals surface area contributed by atoms with Crippen molar-refractivity contribution in [3.63, 3.8) is 0 Å². The van der Waals surface area contributed by atoms with Gasteiger partial charge in [0.1, 0.15) is 11.2 Å². The molecule has 0 amide bonds. The van der Waals surface area contributed by atoms with Crippen molar-refractivity contribution >= 4 is 42.3 Å². The fraction of sp³-hybridized carbons (Fsp3) is 0.353. The van der Waals surface area contributed by atoms with Crippen molar-refractivity contribution in [1.82, 2.24) is 15.0 Å². The van der Waals surface area contributed by atoms with E-state index < -0.39 is 23.1 Å². The Kier molecular flexibility index (Phi) is 7.99. The topological polar surface area (TPSA) is 140 Å². The fourth-order valence-electron chi connectivity index (χ4n) is 6.60. The number of aliphatic hydroxyl groups is 1. The second-order valence-electron chi connectivity index (χ2n) is 11.7. The van der Waals surface area contributed by atoms with E-state index in [1.165, 1.54) is 0 Å². The first-order chi connectivity index (χ1) is 20.4. The average Bonchev–Trinajstić information content (AvgIpc) is 3.69. The van der Waals surface area contributed by atoms with Gasteiger partial charge in [0, 0.05) is 19.3 Å². The summed E-state index contributed by atoms with van der Waals surface area (Å²) in [6.45, 7) is 13.7. The summed E-state index contributed by atoms with van der Waals surface area (Å²) in [5, 5.41) is 28.0. The van der Waals surface area contributed by atoms with Gasteiger partial charge in [-0.15, -0.1) is 44.9 Å². The molecule has 1 spiro atoms. The van der Waals surface area contributed by atoms with E-state index in [4.69, 9.17) is 25.0 Å². The third-order valence-corrected chi connectivity index (χ3v) is 9.23. The number of carboxylic acid groups (broad SMARTS) is 1. The maximum atomic E-state index is 12.5. The zero-order valence-electron chi connectivity index (χ0n) is 25.4. The van der Waals surface area contributed by atoms with E-state index in [1.54, 1.807) is 25.2 Å². The van der Waals surface area contributed by atoms with Gasteiger partial charge in [0.15, 0.2) is 0 Å². The van der Waals surface area contributed by atoms with Crippen LogP contribution in [0.2, 0.25) is 0 Å². The number of hydrogen-bond acceptors (Lipinski definition) is 4. The number of hydrogen-bond donors (Lipinski definition) is 2. The zero-order chi connectivity index (χ0) is 30.8. The van der Waals surface area contributed by atoms with Gasteiger partial charge >= 0.3 is 29.0 Å². The molecule has 3 aromatic rings. The predicted octanol–water partition coefficient (Wildman–Crippen LogP) is 3.27. The zero-order valence-corrected chi connectivity index (χ0v) is 26.5. The smallest absolute Gasteiger partial charge is 0.659 e. The summed E-state index contributed by atoms with van der Waals surface area (Å²) >= 11 is 0. The number of carbonyl (C=O) groups excluding carboxylic acids is 1. The van der Waals surface area contributed by atoms with E-state index in [1.807, 2.05) is 32.9 Å². The van der Waals surface area contributed by atoms with E-state index in [9.17, 15) is 19.8 Å². The van der Waals surface area contributed by atoms with E-state index in [0.29, 0.717) is 28.5 Å². The number of rotatable bonds is 5. The largest absolute Gasteiger partial charge is 4.00 e. The van der Waals surface area contributed by atoms with Crippen LogP contribution in [0, 0.1) is 20.8 Å². The van der Waals surface area contributed by atoms with Crippen molar-refractivity contribution in [2.45, 2.75) is 77.9 Å². The maximum absolute atomic E-state index is 12.5. The summed E-state index contributed by atoms with van der Waals surface area (Å²) in [4.78, 5) is 39.0. The Bertz CT molecular complexity index is 1900. The van der Waals surface area contributed by atoms with Crippen molar-refractivity contribution in [1.29, 1.82) is 0 Å². The molecule has 2 N–H and O–H groups in total. The van der Waals surface area contributed by atoms with Gasteiger partial charge in [-0.3, -0.25) is 9.59 Å². The molecule has 0 radical (unpaired) electrons. The van der Waals surface area contributed by atoms with Crippen LogP contribution in [-0.4, -0.2) is 33.4 Å². The molecule has 2 unspecified atom stereocenters. The number of esters is 1. The molecule has 8 bridgehead atoms. The van der Waals surface area contributed by atoms with Crippen molar-refractivity contribution in [2.24, 2.45) is 0 Å². The Hall–Kier alpha value is -3.98. The molecule has 228 valence electrons. The normalized spacial score (nSPS) is 25.8. The van der Waals surface area contributed by atoms with Crippen LogP contribution in [0.4, 0.5) is 0 Å². The Morgan fingerprint density at radius 2 is 1.61 bits per heavy atom. The van der Waals surface area contributed by atoms with E-state index in [-0.39, 0.29) is 42.8 Å². The van der Waals surface area contributed by atoms with Gasteiger partial charge < -0.3 is 35.2 Å². The van der Waals surface area contributed by atoms with Crippen LogP contribution in [0.15, 0.2) is 18.0 Å². The van der Waals surface area contributed by atoms with Gasteiger partial charge in [0.05, 0.1) is 0 Å². The molecule has 2 fully saturated rings. The Morgan fingerprint density at radius 3 is 2.25 bits per heavy atom. The van der Waals surface area contributed by atoms with Gasteiger partial charge in [-0.2, -0.15) is 0 Å². The van der Waals surface area contributed by atoms with Crippen LogP contribution >= 0.6 is 0 Å². The summed E-state index contributed by atoms with van der Waals surface area (Å²) in [7, 11) is 0. The van der Waals surface area contributed by atoms with Crippen molar-refractivity contribution < 1.29 is 41.6 Å². The van der Waals surface area contributed by atoms with Crippen molar-refractivity contribution in [3.8, 4) is 0 Å². The second kappa shape index (κ2) is 11.2. The minimum Gasteiger partial charge on any atom is -0.659 e. The molecule has 44 heavy (non-hydrogen) atoms. The molecular weight excluding hydrogens is 600 g/mol. The third-order valence-electron chi connectivity index (χ3n) is 9.23. The van der Waals surface area contributed by atoms with Gasteiger partial charge in [-0.25, -0.2) is 0 Å². The Morgan fingerprint density at radius 1 is 0.955 bits per heavy atom. The summed E-state index contributed by atoms with van der Waals surface area (Å²) in [5.74, 6) is -1.34. The SMILES string of the molecule is C=Cc1c2[n-]c(c1C)/C=c1\[n-]/c(c(C)c1CC)=C\c1[n-]c(c(CCC(=O)O)c1C)/C=C1\[N-]/C(=C\2)C(C)(O)C12CCC(=O)O2.[Fe+4]. The van der Waals surface area contributed by atoms with Crippen molar-refractivity contribution in [2.75, 3.05) is 0 Å². The van der Waals surface area contributed by atoms with Crippen molar-refractivity contribution in [3.05, 3.63) is 90.1 Å². The minimum absolute atomic E-state index is 0. The third kappa shape index (κ3) is 4.72. The molecular formula is C34H34FeN4O5. The average molecular weight is 635 g/mol. The van der Waals surface area contributed by atoms with Gasteiger partial charge in [-0.1, -0.05) is 71.7 Å². The van der Waals surface area contributed by atoms with Crippen LogP contribution in [0.25, 0.3) is 35.7 Å². The Balaban J connectivity index is 0.00000384. The quantitative estimate of drug-likeness (QED) is 0.322. The number of nitrogens with zero attached hydrogens (tertiary/aromatic N) is 4. The standard InChI is InChI=1S/C34H34N4O5.Fe/c1-7-20-17(3)23-13-24-19(5)22(9-10-31(39)40)28(37-24)16-30-34(12-11-32(41)43-34)33(6,42)29(38-30)15-27-21(8-2)18(4)25(36-27)14-26(20)35-23;/h8,13-16,42H,2,7,9-12H2,1,3-6H3,(H,39,40);/q-4;+4/b23-13-,26-14-,29-15-,30-16-;. The number of fused-ring (bicyclic) bond motifs is 9. The number of aliphatic carboxylic acids is 1. The maximum Gasteiger partial charge on any atom is 4.00 e. The van der Waals surface area contributed by atoms with Gasteiger partial charge in [-0.05, 0) is 46.1 Å². The van der Waals surface area contributed by atoms with Crippen LogP contribution in [0.5, 0.6) is 0 Å². The number of carbonyl (C=O) groups is 2. The van der Waals surface area contributed by atoms with E-state index in [0.717, 1.165) is 56.2 Å². The molecule has 0 aromatic carbocycles. The number of ether oxygens (including phenoxy) is 1. The molecule has 3 aliphatic heterocycles. The first-order valence-corrected chi connectivity index (χ1v) is 14.5. The monoisotopic (exact) mass is 634 g/mol. The first kappa shape index (κ1) is 31.4. The van der Waals surface area contributed by atoms with Crippen LogP contribution in [0.1, 0.15) is 89.3 Å². The molecule has 3 aromatic heterocycles. The van der Waals surface area contributed by atoms with Crippen LogP contribution in [-0.2, 0) is 44.2 Å². The van der Waals surface area contributed by atoms with Crippen LogP contribution in [0.3, 0.4) is 0 Å². The summed E-state index contributed by atoms with van der Waals surface area (Å²) in [5.41, 5.74) is 5.58. The van der Waals surface area contributed by atoms with E-state index >= 15 is 0 Å². The van der Waals surface area contributed by atoms with Gasteiger partial charge in [0.2, 0.25) is 0 Å². The molecule has 9 nitrogen and oxygen atoms in total.